The second-order valence-corrected chi connectivity index (χ2v) is 7.91. The van der Waals surface area contributed by atoms with Crippen molar-refractivity contribution >= 4 is 11.8 Å². The van der Waals surface area contributed by atoms with Gasteiger partial charge in [-0.1, -0.05) is 35.4 Å². The first-order valence-corrected chi connectivity index (χ1v) is 10.5. The van der Waals surface area contributed by atoms with E-state index < -0.39 is 0 Å². The van der Waals surface area contributed by atoms with Crippen LogP contribution in [0.5, 0.6) is 0 Å². The first kappa shape index (κ1) is 20.8. The van der Waals surface area contributed by atoms with Crippen LogP contribution in [0.25, 0.3) is 11.5 Å². The molecular weight excluding hydrogens is 392 g/mol. The molecule has 1 aromatic heterocycles. The Bertz CT molecular complexity index is 1050. The summed E-state index contributed by atoms with van der Waals surface area (Å²) in [6.07, 6.45) is 0.710. The molecule has 0 bridgehead atoms. The fraction of sp³-hybridized carbons (Fsp3) is 0.333. The SMILES string of the molecule is Cc1ccc(C(=O)N2CCN(C(=O)CCc3nnc(-c4ccc(C)cc4)o3)CC2)cc1. The predicted octanol–water partition coefficient (Wildman–Crippen LogP) is 3.27. The molecule has 0 N–H and O–H groups in total. The minimum atomic E-state index is 0.0154. The molecule has 2 heterocycles. The maximum absolute atomic E-state index is 12.6. The Morgan fingerprint density at radius 3 is 2.06 bits per heavy atom. The van der Waals surface area contributed by atoms with E-state index in [1.807, 2.05) is 62.4 Å². The molecule has 0 unspecified atom stereocenters. The molecule has 31 heavy (non-hydrogen) atoms. The number of piperazine rings is 1. The van der Waals surface area contributed by atoms with Gasteiger partial charge in [-0.3, -0.25) is 9.59 Å². The summed E-state index contributed by atoms with van der Waals surface area (Å²) in [4.78, 5) is 28.8. The number of rotatable bonds is 5. The van der Waals surface area contributed by atoms with Crippen LogP contribution in [-0.2, 0) is 11.2 Å². The number of amides is 2. The van der Waals surface area contributed by atoms with Gasteiger partial charge >= 0.3 is 0 Å². The van der Waals surface area contributed by atoms with Gasteiger partial charge in [-0.25, -0.2) is 0 Å². The average Bonchev–Trinajstić information content (AvgIpc) is 3.27. The Balaban J connectivity index is 1.26. The van der Waals surface area contributed by atoms with E-state index in [4.69, 9.17) is 4.42 Å². The van der Waals surface area contributed by atoms with Gasteiger partial charge in [0, 0.05) is 50.1 Å². The summed E-state index contributed by atoms with van der Waals surface area (Å²) < 4.78 is 5.71. The highest BCUT2D eigenvalue weighted by Crippen LogP contribution is 2.19. The highest BCUT2D eigenvalue weighted by atomic mass is 16.4. The molecule has 0 atom stereocenters. The molecule has 1 saturated heterocycles. The van der Waals surface area contributed by atoms with E-state index in [0.29, 0.717) is 56.4 Å². The normalized spacial score (nSPS) is 14.0. The van der Waals surface area contributed by atoms with Gasteiger partial charge in [0.25, 0.3) is 5.91 Å². The summed E-state index contributed by atoms with van der Waals surface area (Å²) in [6.45, 7) is 6.17. The minimum absolute atomic E-state index is 0.0154. The zero-order chi connectivity index (χ0) is 21.8. The molecule has 0 saturated carbocycles. The van der Waals surface area contributed by atoms with Crippen LogP contribution >= 0.6 is 0 Å². The molecule has 160 valence electrons. The third kappa shape index (κ3) is 4.99. The number of nitrogens with zero attached hydrogens (tertiary/aromatic N) is 4. The van der Waals surface area contributed by atoms with Gasteiger partial charge in [-0.15, -0.1) is 10.2 Å². The van der Waals surface area contributed by atoms with Gasteiger partial charge in [0.2, 0.25) is 17.7 Å². The first-order chi connectivity index (χ1) is 15.0. The first-order valence-electron chi connectivity index (χ1n) is 10.5. The molecule has 0 radical (unpaired) electrons. The average molecular weight is 418 g/mol. The third-order valence-electron chi connectivity index (χ3n) is 5.54. The highest BCUT2D eigenvalue weighted by Gasteiger charge is 2.25. The summed E-state index contributed by atoms with van der Waals surface area (Å²) >= 11 is 0. The second-order valence-electron chi connectivity index (χ2n) is 7.91. The van der Waals surface area contributed by atoms with Crippen LogP contribution in [-0.4, -0.2) is 58.0 Å². The Morgan fingerprint density at radius 1 is 0.839 bits per heavy atom. The van der Waals surface area contributed by atoms with Crippen LogP contribution in [0.2, 0.25) is 0 Å². The number of carbonyl (C=O) groups excluding carboxylic acids is 2. The van der Waals surface area contributed by atoms with E-state index in [1.54, 1.807) is 9.80 Å². The maximum Gasteiger partial charge on any atom is 0.253 e. The Kier molecular flexibility index (Phi) is 6.11. The van der Waals surface area contributed by atoms with E-state index in [2.05, 4.69) is 10.2 Å². The molecule has 1 aliphatic heterocycles. The molecule has 3 aromatic rings. The fourth-order valence-corrected chi connectivity index (χ4v) is 3.58. The van der Waals surface area contributed by atoms with Crippen molar-refractivity contribution in [1.29, 1.82) is 0 Å². The van der Waals surface area contributed by atoms with Crippen LogP contribution in [0.3, 0.4) is 0 Å². The molecule has 4 rings (SSSR count). The maximum atomic E-state index is 12.6. The van der Waals surface area contributed by atoms with E-state index in [-0.39, 0.29) is 11.8 Å². The van der Waals surface area contributed by atoms with Crippen LogP contribution in [0, 0.1) is 13.8 Å². The van der Waals surface area contributed by atoms with Crippen molar-refractivity contribution < 1.29 is 14.0 Å². The second kappa shape index (κ2) is 9.12. The lowest BCUT2D eigenvalue weighted by atomic mass is 10.1. The largest absolute Gasteiger partial charge is 0.421 e. The third-order valence-corrected chi connectivity index (χ3v) is 5.54. The van der Waals surface area contributed by atoms with Crippen molar-refractivity contribution in [2.45, 2.75) is 26.7 Å². The monoisotopic (exact) mass is 418 g/mol. The van der Waals surface area contributed by atoms with E-state index in [0.717, 1.165) is 16.7 Å². The van der Waals surface area contributed by atoms with Crippen molar-refractivity contribution in [3.8, 4) is 11.5 Å². The lowest BCUT2D eigenvalue weighted by molar-refractivity contribution is -0.132. The van der Waals surface area contributed by atoms with Gasteiger partial charge in [0.1, 0.15) is 0 Å². The zero-order valence-corrected chi connectivity index (χ0v) is 17.9. The number of aryl methyl sites for hydroxylation is 3. The Hall–Kier alpha value is -3.48. The number of carbonyl (C=O) groups is 2. The topological polar surface area (TPSA) is 79.5 Å². The summed E-state index contributed by atoms with van der Waals surface area (Å²) in [5.74, 6) is 0.974. The highest BCUT2D eigenvalue weighted by molar-refractivity contribution is 5.94. The number of benzene rings is 2. The van der Waals surface area contributed by atoms with E-state index in [1.165, 1.54) is 0 Å². The van der Waals surface area contributed by atoms with Crippen LogP contribution in [0.4, 0.5) is 0 Å². The summed E-state index contributed by atoms with van der Waals surface area (Å²) in [5.41, 5.74) is 3.84. The molecule has 0 spiro atoms. The quantitative estimate of drug-likeness (QED) is 0.635. The fourth-order valence-electron chi connectivity index (χ4n) is 3.58. The predicted molar refractivity (Wildman–Crippen MR) is 116 cm³/mol. The van der Waals surface area contributed by atoms with E-state index >= 15 is 0 Å². The molecular formula is C24H26N4O3. The van der Waals surface area contributed by atoms with Crippen LogP contribution in [0.15, 0.2) is 52.9 Å². The molecule has 7 nitrogen and oxygen atoms in total. The van der Waals surface area contributed by atoms with Crippen molar-refractivity contribution in [3.63, 3.8) is 0 Å². The molecule has 2 amide bonds. The van der Waals surface area contributed by atoms with Gasteiger partial charge in [0.15, 0.2) is 0 Å². The minimum Gasteiger partial charge on any atom is -0.421 e. The van der Waals surface area contributed by atoms with Gasteiger partial charge < -0.3 is 14.2 Å². The zero-order valence-electron chi connectivity index (χ0n) is 17.9. The Morgan fingerprint density at radius 2 is 1.42 bits per heavy atom. The molecule has 1 aliphatic rings. The van der Waals surface area contributed by atoms with Crippen molar-refractivity contribution in [3.05, 3.63) is 71.1 Å². The number of hydrogen-bond acceptors (Lipinski definition) is 5. The Labute approximate surface area is 181 Å². The summed E-state index contributed by atoms with van der Waals surface area (Å²) in [6, 6.07) is 15.4. The van der Waals surface area contributed by atoms with Crippen molar-refractivity contribution in [2.24, 2.45) is 0 Å². The lowest BCUT2D eigenvalue weighted by Gasteiger charge is -2.34. The molecule has 0 aliphatic carbocycles. The molecule has 7 heteroatoms. The van der Waals surface area contributed by atoms with E-state index in [9.17, 15) is 9.59 Å². The number of aromatic nitrogens is 2. The van der Waals surface area contributed by atoms with Gasteiger partial charge in [-0.05, 0) is 38.1 Å². The molecule has 1 fully saturated rings. The van der Waals surface area contributed by atoms with Gasteiger partial charge in [-0.2, -0.15) is 0 Å². The van der Waals surface area contributed by atoms with Crippen LogP contribution in [0.1, 0.15) is 33.8 Å². The van der Waals surface area contributed by atoms with Crippen molar-refractivity contribution in [1.82, 2.24) is 20.0 Å². The number of hydrogen-bond donors (Lipinski definition) is 0. The molecule has 2 aromatic carbocycles. The smallest absolute Gasteiger partial charge is 0.253 e. The summed E-state index contributed by atoms with van der Waals surface area (Å²) in [7, 11) is 0. The summed E-state index contributed by atoms with van der Waals surface area (Å²) in [5, 5.41) is 8.15. The van der Waals surface area contributed by atoms with Gasteiger partial charge in [0.05, 0.1) is 0 Å². The van der Waals surface area contributed by atoms with Crippen molar-refractivity contribution in [2.75, 3.05) is 26.2 Å². The lowest BCUT2D eigenvalue weighted by Crippen LogP contribution is -2.50. The van der Waals surface area contributed by atoms with Crippen LogP contribution < -0.4 is 0 Å². The standard InChI is InChI=1S/C24H26N4O3/c1-17-3-7-19(8-4-17)23-26-25-21(31-23)11-12-22(29)27-13-15-28(16-14-27)24(30)20-9-5-18(2)6-10-20/h3-10H,11-16H2,1-2H3.